The van der Waals surface area contributed by atoms with Crippen LogP contribution < -0.4 is 0 Å². The molecule has 1 rings (SSSR count). The maximum atomic E-state index is 11.0. The second-order valence-electron chi connectivity index (χ2n) is 1.46. The number of hydrogen-bond acceptors (Lipinski definition) is 5. The fourth-order valence-corrected chi connectivity index (χ4v) is 4.07. The Balaban J connectivity index is 3.09. The molecule has 0 bridgehead atoms. The van der Waals surface area contributed by atoms with E-state index in [2.05, 4.69) is 11.7 Å². The maximum absolute atomic E-state index is 11.0. The molecule has 2 nitrogen and oxygen atoms in total. The Kier molecular flexibility index (Phi) is 2.67. The van der Waals surface area contributed by atoms with Gasteiger partial charge in [-0.15, -0.1) is 11.3 Å². The van der Waals surface area contributed by atoms with Crippen LogP contribution in [-0.2, 0) is 8.87 Å². The predicted octanol–water partition coefficient (Wildman–Crippen LogP) is 2.01. The third-order valence-corrected chi connectivity index (χ3v) is 6.48. The van der Waals surface area contributed by atoms with E-state index in [4.69, 9.17) is 0 Å². The third-order valence-electron chi connectivity index (χ3n) is 0.840. The van der Waals surface area contributed by atoms with Crippen molar-refractivity contribution in [2.75, 3.05) is 0 Å². The molecule has 0 aromatic carbocycles. The standard InChI is InChI=1S/C4H4O2S4/c5-10(6,9-7)4-2-1-3-8-4/h1-3,7H. The highest BCUT2D eigenvalue weighted by Crippen LogP contribution is 2.28. The van der Waals surface area contributed by atoms with Gasteiger partial charge in [-0.05, 0) is 11.4 Å². The van der Waals surface area contributed by atoms with Gasteiger partial charge in [-0.25, -0.2) is 8.42 Å². The van der Waals surface area contributed by atoms with Crippen molar-refractivity contribution in [3.8, 4) is 0 Å². The fraction of sp³-hybridized carbons (Fsp3) is 0. The highest BCUT2D eigenvalue weighted by Gasteiger charge is 2.12. The van der Waals surface area contributed by atoms with Crippen LogP contribution in [0.1, 0.15) is 0 Å². The average Bonchev–Trinajstić information content (AvgIpc) is 2.38. The Bertz CT molecular complexity index is 285. The zero-order valence-corrected chi connectivity index (χ0v) is 8.06. The molecule has 0 aliphatic rings. The first kappa shape index (κ1) is 8.45. The van der Waals surface area contributed by atoms with Crippen molar-refractivity contribution in [2.24, 2.45) is 0 Å². The van der Waals surface area contributed by atoms with E-state index in [1.807, 2.05) is 0 Å². The SMILES string of the molecule is O=S(=O)(SS)c1cccs1. The van der Waals surface area contributed by atoms with Gasteiger partial charge in [-0.2, -0.15) is 0 Å². The summed E-state index contributed by atoms with van der Waals surface area (Å²) in [6.07, 6.45) is 0. The van der Waals surface area contributed by atoms with Gasteiger partial charge in [0.1, 0.15) is 4.21 Å². The van der Waals surface area contributed by atoms with Crippen LogP contribution in [0.15, 0.2) is 21.7 Å². The van der Waals surface area contributed by atoms with Crippen molar-refractivity contribution in [1.29, 1.82) is 0 Å². The Labute approximate surface area is 71.8 Å². The number of rotatable bonds is 2. The van der Waals surface area contributed by atoms with Crippen molar-refractivity contribution in [2.45, 2.75) is 4.21 Å². The van der Waals surface area contributed by atoms with Crippen molar-refractivity contribution in [3.63, 3.8) is 0 Å². The summed E-state index contributed by atoms with van der Waals surface area (Å²) >= 11 is 4.82. The molecule has 0 N–H and O–H groups in total. The van der Waals surface area contributed by atoms with Crippen LogP contribution in [0.25, 0.3) is 0 Å². The van der Waals surface area contributed by atoms with E-state index in [0.717, 1.165) is 0 Å². The largest absolute Gasteiger partial charge is 0.249 e. The van der Waals surface area contributed by atoms with Crippen molar-refractivity contribution in [3.05, 3.63) is 17.5 Å². The molecule has 0 saturated carbocycles. The molecule has 0 atom stereocenters. The van der Waals surface area contributed by atoms with Gasteiger partial charge in [0.2, 0.25) is 8.87 Å². The molecule has 0 aliphatic heterocycles. The molecular formula is C4H4O2S4. The molecule has 0 fully saturated rings. The van der Waals surface area contributed by atoms with Gasteiger partial charge in [0.05, 0.1) is 0 Å². The van der Waals surface area contributed by atoms with Gasteiger partial charge in [0.15, 0.2) is 0 Å². The van der Waals surface area contributed by atoms with Gasteiger partial charge < -0.3 is 0 Å². The Morgan fingerprint density at radius 2 is 2.30 bits per heavy atom. The summed E-state index contributed by atoms with van der Waals surface area (Å²) in [5, 5.41) is 1.72. The number of hydrogen-bond donors (Lipinski definition) is 1. The Morgan fingerprint density at radius 3 is 2.70 bits per heavy atom. The predicted molar refractivity (Wildman–Crippen MR) is 48.1 cm³/mol. The van der Waals surface area contributed by atoms with Crippen LogP contribution >= 0.6 is 32.8 Å². The average molecular weight is 212 g/mol. The van der Waals surface area contributed by atoms with E-state index in [9.17, 15) is 8.42 Å². The summed E-state index contributed by atoms with van der Waals surface area (Å²) in [6, 6.07) is 3.25. The highest BCUT2D eigenvalue weighted by molar-refractivity contribution is 9.02. The van der Waals surface area contributed by atoms with Crippen molar-refractivity contribution < 1.29 is 8.42 Å². The van der Waals surface area contributed by atoms with Crippen molar-refractivity contribution >= 4 is 41.7 Å². The molecule has 1 aromatic rings. The van der Waals surface area contributed by atoms with Crippen LogP contribution in [0.5, 0.6) is 0 Å². The van der Waals surface area contributed by atoms with E-state index in [-0.39, 0.29) is 0 Å². The molecule has 1 heterocycles. The van der Waals surface area contributed by atoms with Gasteiger partial charge in [0, 0.05) is 9.83 Å². The summed E-state index contributed by atoms with van der Waals surface area (Å²) in [4.78, 5) is 0. The second kappa shape index (κ2) is 3.17. The lowest BCUT2D eigenvalue weighted by Crippen LogP contribution is -1.86. The summed E-state index contributed by atoms with van der Waals surface area (Å²) in [5.41, 5.74) is 0. The third kappa shape index (κ3) is 1.69. The lowest BCUT2D eigenvalue weighted by Gasteiger charge is -1.90. The van der Waals surface area contributed by atoms with Gasteiger partial charge in [0.25, 0.3) is 0 Å². The lowest BCUT2D eigenvalue weighted by atomic mass is 10.7. The Morgan fingerprint density at radius 1 is 1.60 bits per heavy atom. The zero-order valence-electron chi connectivity index (χ0n) is 4.72. The summed E-state index contributed by atoms with van der Waals surface area (Å²) in [5.74, 6) is 0. The molecule has 0 radical (unpaired) electrons. The summed E-state index contributed by atoms with van der Waals surface area (Å²) < 4.78 is 22.3. The summed E-state index contributed by atoms with van der Waals surface area (Å²) in [7, 11) is -2.59. The maximum Gasteiger partial charge on any atom is 0.249 e. The topological polar surface area (TPSA) is 34.1 Å². The van der Waals surface area contributed by atoms with E-state index >= 15 is 0 Å². The molecule has 10 heavy (non-hydrogen) atoms. The fourth-order valence-electron chi connectivity index (χ4n) is 0.442. The van der Waals surface area contributed by atoms with Crippen LogP contribution in [0, 0.1) is 0 Å². The van der Waals surface area contributed by atoms with E-state index in [1.165, 1.54) is 11.3 Å². The molecule has 0 amide bonds. The minimum Gasteiger partial charge on any atom is -0.211 e. The van der Waals surface area contributed by atoms with Crippen LogP contribution in [0.3, 0.4) is 0 Å². The molecule has 0 spiro atoms. The minimum atomic E-state index is -3.16. The molecule has 0 unspecified atom stereocenters. The van der Waals surface area contributed by atoms with Crippen LogP contribution in [-0.4, -0.2) is 8.42 Å². The molecular weight excluding hydrogens is 208 g/mol. The van der Waals surface area contributed by atoms with Crippen molar-refractivity contribution in [1.82, 2.24) is 0 Å². The first-order valence-electron chi connectivity index (χ1n) is 2.28. The smallest absolute Gasteiger partial charge is 0.211 e. The molecule has 1 aromatic heterocycles. The summed E-state index contributed by atoms with van der Waals surface area (Å²) in [6.45, 7) is 0. The van der Waals surface area contributed by atoms with E-state index in [0.29, 0.717) is 14.0 Å². The Hall–Kier alpha value is 0.350. The van der Waals surface area contributed by atoms with Crippen LogP contribution in [0.2, 0.25) is 0 Å². The molecule has 56 valence electrons. The lowest BCUT2D eigenvalue weighted by molar-refractivity contribution is 0.612. The highest BCUT2D eigenvalue weighted by atomic mass is 33.5. The normalized spacial score (nSPS) is 11.7. The quantitative estimate of drug-likeness (QED) is 0.601. The van der Waals surface area contributed by atoms with Gasteiger partial charge in [-0.3, -0.25) is 0 Å². The molecule has 0 saturated heterocycles. The number of thiophene rings is 1. The first-order chi connectivity index (χ1) is 4.67. The number of thiol groups is 1. The van der Waals surface area contributed by atoms with Crippen LogP contribution in [0.4, 0.5) is 0 Å². The first-order valence-corrected chi connectivity index (χ1v) is 7.03. The van der Waals surface area contributed by atoms with E-state index in [1.54, 1.807) is 17.5 Å². The van der Waals surface area contributed by atoms with Gasteiger partial charge >= 0.3 is 0 Å². The van der Waals surface area contributed by atoms with E-state index < -0.39 is 8.87 Å². The molecule has 0 aliphatic carbocycles. The monoisotopic (exact) mass is 212 g/mol. The van der Waals surface area contributed by atoms with Gasteiger partial charge in [-0.1, -0.05) is 17.7 Å². The second-order valence-corrected chi connectivity index (χ2v) is 7.27. The molecule has 6 heteroatoms. The zero-order chi connectivity index (χ0) is 7.61. The minimum absolute atomic E-state index is 0.354.